The molecule has 7 rings (SSSR count). The van der Waals surface area contributed by atoms with Crippen LogP contribution in [0.4, 0.5) is 26.3 Å². The number of halogens is 6. The highest BCUT2D eigenvalue weighted by Crippen LogP contribution is 2.48. The van der Waals surface area contributed by atoms with Gasteiger partial charge in [-0.05, 0) is 57.6 Å². The third-order valence-electron chi connectivity index (χ3n) is 7.59. The van der Waals surface area contributed by atoms with Gasteiger partial charge in [0.25, 0.3) is 0 Å². The second kappa shape index (κ2) is 11.5. The number of oxazole rings is 2. The van der Waals surface area contributed by atoms with Gasteiger partial charge in [0.1, 0.15) is 22.5 Å². The Morgan fingerprint density at radius 1 is 0.479 bits per heavy atom. The maximum atomic E-state index is 12.8. The van der Waals surface area contributed by atoms with Gasteiger partial charge in [-0.3, -0.25) is 0 Å². The molecule has 0 unspecified atom stereocenters. The molecule has 0 atom stereocenters. The van der Waals surface area contributed by atoms with Gasteiger partial charge in [-0.15, -0.1) is 26.3 Å². The van der Waals surface area contributed by atoms with E-state index in [0.29, 0.717) is 78.5 Å². The van der Waals surface area contributed by atoms with Crippen molar-refractivity contribution in [1.82, 2.24) is 9.97 Å². The Kier molecular flexibility index (Phi) is 7.38. The van der Waals surface area contributed by atoms with E-state index in [1.165, 1.54) is 48.5 Å². The standard InChI is InChI=1S/C36H22F6N2O4/c1-19-43-31-29(27-9-5-3-7-25(27)21-11-15-23(16-12-21)47-35(37,38)39)34-32(44-20(2)46-34)30(33(31)45-19)28-10-6-4-8-26(28)22-13-17-24(18-14-22)48-36(40,41)42/h3-18H,1-2H3. The maximum absolute atomic E-state index is 12.8. The molecule has 0 N–H and O–H groups in total. The van der Waals surface area contributed by atoms with E-state index >= 15 is 0 Å². The van der Waals surface area contributed by atoms with Gasteiger partial charge in [0.05, 0.1) is 11.1 Å². The summed E-state index contributed by atoms with van der Waals surface area (Å²) >= 11 is 0. The summed E-state index contributed by atoms with van der Waals surface area (Å²) in [6.45, 7) is 3.40. The minimum Gasteiger partial charge on any atom is -0.440 e. The smallest absolute Gasteiger partial charge is 0.440 e. The fourth-order valence-corrected chi connectivity index (χ4v) is 5.82. The number of rotatable bonds is 6. The fraction of sp³-hybridized carbons (Fsp3) is 0.111. The maximum Gasteiger partial charge on any atom is 0.573 e. The van der Waals surface area contributed by atoms with Gasteiger partial charge < -0.3 is 18.3 Å². The molecule has 0 saturated carbocycles. The van der Waals surface area contributed by atoms with Crippen molar-refractivity contribution in [2.24, 2.45) is 0 Å². The summed E-state index contributed by atoms with van der Waals surface area (Å²) in [5, 5.41) is 0. The lowest BCUT2D eigenvalue weighted by Crippen LogP contribution is -2.16. The number of benzene rings is 5. The van der Waals surface area contributed by atoms with Crippen molar-refractivity contribution in [2.75, 3.05) is 0 Å². The van der Waals surface area contributed by atoms with E-state index in [1.807, 2.05) is 48.5 Å². The molecule has 0 radical (unpaired) electrons. The van der Waals surface area contributed by atoms with Gasteiger partial charge in [-0.1, -0.05) is 72.8 Å². The summed E-state index contributed by atoms with van der Waals surface area (Å²) in [4.78, 5) is 9.50. The Hall–Kier alpha value is -5.78. The monoisotopic (exact) mass is 660 g/mol. The summed E-state index contributed by atoms with van der Waals surface area (Å²) in [5.41, 5.74) is 6.78. The van der Waals surface area contributed by atoms with E-state index in [1.54, 1.807) is 13.8 Å². The molecular weight excluding hydrogens is 638 g/mol. The van der Waals surface area contributed by atoms with E-state index in [2.05, 4.69) is 9.47 Å². The molecule has 12 heteroatoms. The zero-order chi connectivity index (χ0) is 33.8. The molecule has 2 heterocycles. The van der Waals surface area contributed by atoms with Crippen LogP contribution < -0.4 is 9.47 Å². The van der Waals surface area contributed by atoms with Crippen LogP contribution in [0.25, 0.3) is 66.7 Å². The predicted molar refractivity (Wildman–Crippen MR) is 166 cm³/mol. The molecule has 0 spiro atoms. The average Bonchev–Trinajstić information content (AvgIpc) is 3.60. The normalized spacial score (nSPS) is 12.2. The number of hydrogen-bond donors (Lipinski definition) is 0. The van der Waals surface area contributed by atoms with Gasteiger partial charge in [0.2, 0.25) is 0 Å². The largest absolute Gasteiger partial charge is 0.573 e. The van der Waals surface area contributed by atoms with Crippen LogP contribution in [-0.2, 0) is 0 Å². The number of alkyl halides is 6. The molecule has 5 aromatic carbocycles. The molecular formula is C36H22F6N2O4. The van der Waals surface area contributed by atoms with Crippen LogP contribution in [0.2, 0.25) is 0 Å². The fourth-order valence-electron chi connectivity index (χ4n) is 5.82. The van der Waals surface area contributed by atoms with Crippen molar-refractivity contribution in [3.05, 3.63) is 109 Å². The SMILES string of the molecule is Cc1nc2c(-c3ccccc3-c3ccc(OC(F)(F)F)cc3)c3oc(C)nc3c(-c3ccccc3-c3ccc(OC(F)(F)F)cc3)c2o1. The van der Waals surface area contributed by atoms with Crippen LogP contribution >= 0.6 is 0 Å². The number of hydrogen-bond acceptors (Lipinski definition) is 6. The van der Waals surface area contributed by atoms with E-state index in [9.17, 15) is 26.3 Å². The molecule has 0 aliphatic rings. The lowest BCUT2D eigenvalue weighted by molar-refractivity contribution is -0.275. The number of fused-ring (bicyclic) bond motifs is 2. The number of aromatic nitrogens is 2. The molecule has 6 nitrogen and oxygen atoms in total. The summed E-state index contributed by atoms with van der Waals surface area (Å²) in [7, 11) is 0. The van der Waals surface area contributed by atoms with Gasteiger partial charge in [-0.25, -0.2) is 9.97 Å². The summed E-state index contributed by atoms with van der Waals surface area (Å²) in [6, 6.07) is 25.7. The number of ether oxygens (including phenoxy) is 2. The molecule has 0 aliphatic carbocycles. The van der Waals surface area contributed by atoms with E-state index in [4.69, 9.17) is 18.8 Å². The molecule has 0 bridgehead atoms. The molecule has 2 aromatic heterocycles. The summed E-state index contributed by atoms with van der Waals surface area (Å²) in [6.07, 6.45) is -9.64. The van der Waals surface area contributed by atoms with Crippen molar-refractivity contribution in [3.8, 4) is 56.0 Å². The van der Waals surface area contributed by atoms with Gasteiger partial charge in [0.15, 0.2) is 22.9 Å². The Morgan fingerprint density at radius 3 is 1.15 bits per heavy atom. The van der Waals surface area contributed by atoms with Crippen LogP contribution in [0.1, 0.15) is 11.8 Å². The van der Waals surface area contributed by atoms with Crippen molar-refractivity contribution >= 4 is 22.2 Å². The van der Waals surface area contributed by atoms with Crippen molar-refractivity contribution in [2.45, 2.75) is 26.6 Å². The molecule has 242 valence electrons. The van der Waals surface area contributed by atoms with E-state index in [0.717, 1.165) is 0 Å². The minimum atomic E-state index is -4.82. The Bertz CT molecular complexity index is 2070. The highest BCUT2D eigenvalue weighted by molar-refractivity contribution is 6.18. The first kappa shape index (κ1) is 30.9. The van der Waals surface area contributed by atoms with Crippen LogP contribution in [0.3, 0.4) is 0 Å². The average molecular weight is 661 g/mol. The third kappa shape index (κ3) is 5.92. The Balaban J connectivity index is 1.43. The topological polar surface area (TPSA) is 70.5 Å². The molecule has 7 aromatic rings. The first-order valence-corrected chi connectivity index (χ1v) is 14.5. The quantitative estimate of drug-likeness (QED) is 0.165. The Morgan fingerprint density at radius 2 is 0.812 bits per heavy atom. The molecule has 0 saturated heterocycles. The molecule has 0 amide bonds. The van der Waals surface area contributed by atoms with Crippen LogP contribution in [0.15, 0.2) is 106 Å². The lowest BCUT2D eigenvalue weighted by Gasteiger charge is -2.15. The summed E-state index contributed by atoms with van der Waals surface area (Å²) in [5.74, 6) is 0.0114. The minimum absolute atomic E-state index is 0.350. The van der Waals surface area contributed by atoms with E-state index < -0.39 is 12.7 Å². The second-order valence-corrected chi connectivity index (χ2v) is 10.8. The first-order chi connectivity index (χ1) is 22.8. The van der Waals surface area contributed by atoms with Gasteiger partial charge >= 0.3 is 12.7 Å². The second-order valence-electron chi connectivity index (χ2n) is 10.8. The lowest BCUT2D eigenvalue weighted by atomic mass is 9.89. The zero-order valence-electron chi connectivity index (χ0n) is 25.0. The number of nitrogens with zero attached hydrogens (tertiary/aromatic N) is 2. The highest BCUT2D eigenvalue weighted by atomic mass is 19.4. The van der Waals surface area contributed by atoms with Crippen LogP contribution in [0, 0.1) is 13.8 Å². The summed E-state index contributed by atoms with van der Waals surface area (Å²) < 4.78 is 97.4. The molecule has 0 fully saturated rings. The Labute approximate surface area is 268 Å². The van der Waals surface area contributed by atoms with Gasteiger partial charge in [-0.2, -0.15) is 0 Å². The van der Waals surface area contributed by atoms with Crippen molar-refractivity contribution in [3.63, 3.8) is 0 Å². The van der Waals surface area contributed by atoms with Crippen molar-refractivity contribution < 1.29 is 44.7 Å². The molecule has 48 heavy (non-hydrogen) atoms. The highest BCUT2D eigenvalue weighted by Gasteiger charge is 2.32. The van der Waals surface area contributed by atoms with Crippen molar-refractivity contribution in [1.29, 1.82) is 0 Å². The zero-order valence-corrected chi connectivity index (χ0v) is 25.0. The van der Waals surface area contributed by atoms with Crippen LogP contribution in [-0.4, -0.2) is 22.7 Å². The van der Waals surface area contributed by atoms with Crippen LogP contribution in [0.5, 0.6) is 11.5 Å². The third-order valence-corrected chi connectivity index (χ3v) is 7.59. The molecule has 0 aliphatic heterocycles. The number of aryl methyl sites for hydroxylation is 2. The van der Waals surface area contributed by atoms with E-state index in [-0.39, 0.29) is 11.5 Å². The predicted octanol–water partition coefficient (Wildman–Crippen LogP) is 11.1. The first-order valence-electron chi connectivity index (χ1n) is 14.5. The van der Waals surface area contributed by atoms with Gasteiger partial charge in [0, 0.05) is 13.8 Å².